The van der Waals surface area contributed by atoms with Crippen molar-refractivity contribution in [2.75, 3.05) is 18.1 Å². The Bertz CT molecular complexity index is 969. The molecular weight excluding hydrogens is 350 g/mol. The number of nitrogens with zero attached hydrogens (tertiary/aromatic N) is 3. The Morgan fingerprint density at radius 3 is 2.96 bits per heavy atom. The third kappa shape index (κ3) is 3.39. The van der Waals surface area contributed by atoms with E-state index in [1.54, 1.807) is 11.1 Å². The van der Waals surface area contributed by atoms with Crippen molar-refractivity contribution in [1.82, 2.24) is 9.97 Å². The minimum atomic E-state index is -0.286. The average molecular weight is 367 g/mol. The predicted octanol–water partition coefficient (Wildman–Crippen LogP) is 3.42. The lowest BCUT2D eigenvalue weighted by Crippen LogP contribution is -2.34. The molecule has 0 N–H and O–H groups in total. The Kier molecular flexibility index (Phi) is 4.53. The van der Waals surface area contributed by atoms with E-state index in [1.807, 2.05) is 37.3 Å². The van der Waals surface area contributed by atoms with Crippen molar-refractivity contribution in [3.8, 4) is 0 Å². The van der Waals surface area contributed by atoms with Crippen LogP contribution < -0.4 is 4.90 Å². The average Bonchev–Trinajstić information content (AvgIpc) is 3.10. The molecule has 0 bridgehead atoms. The van der Waals surface area contributed by atoms with Gasteiger partial charge in [0.2, 0.25) is 5.76 Å². The fraction of sp³-hybridized carbons (Fsp3) is 0.211. The monoisotopic (exact) mass is 367 g/mol. The van der Waals surface area contributed by atoms with Crippen molar-refractivity contribution in [2.45, 2.75) is 13.5 Å². The molecule has 0 saturated carbocycles. The fourth-order valence-electron chi connectivity index (χ4n) is 2.63. The first-order chi connectivity index (χ1) is 12.7. The molecule has 2 aromatic heterocycles. The van der Waals surface area contributed by atoms with Crippen molar-refractivity contribution in [3.05, 3.63) is 65.9 Å². The lowest BCUT2D eigenvalue weighted by atomic mass is 10.2. The largest absolute Gasteiger partial charge is 0.494 e. The number of hydrogen-bond acceptors (Lipinski definition) is 6. The number of carbonyl (C=O) groups is 1. The summed E-state index contributed by atoms with van der Waals surface area (Å²) in [6, 6.07) is 11.7. The van der Waals surface area contributed by atoms with E-state index < -0.39 is 0 Å². The van der Waals surface area contributed by atoms with Gasteiger partial charge in [0.05, 0.1) is 22.5 Å². The summed E-state index contributed by atoms with van der Waals surface area (Å²) in [5.74, 6) is -0.103. The molecule has 6 nitrogen and oxygen atoms in total. The summed E-state index contributed by atoms with van der Waals surface area (Å²) in [6.45, 7) is 3.14. The molecule has 1 amide bonds. The number of aromatic nitrogens is 2. The Labute approximate surface area is 154 Å². The van der Waals surface area contributed by atoms with Gasteiger partial charge in [-0.25, -0.2) is 4.98 Å². The zero-order chi connectivity index (χ0) is 17.9. The maximum absolute atomic E-state index is 13.0. The van der Waals surface area contributed by atoms with Crippen LogP contribution in [0.25, 0.3) is 10.2 Å². The topological polar surface area (TPSA) is 64.6 Å². The van der Waals surface area contributed by atoms with Gasteiger partial charge >= 0.3 is 0 Å². The smallest absolute Gasteiger partial charge is 0.298 e. The molecule has 0 saturated heterocycles. The Hall–Kier alpha value is -2.93. The Morgan fingerprint density at radius 1 is 1.27 bits per heavy atom. The SMILES string of the molecule is Cc1ccc2nc(N(Cc3ccccn3)C(=O)C3=COCCO3)sc2c1. The van der Waals surface area contributed by atoms with Gasteiger partial charge in [-0.15, -0.1) is 0 Å². The Balaban J connectivity index is 1.73. The van der Waals surface area contributed by atoms with Crippen LogP contribution in [0.4, 0.5) is 5.13 Å². The summed E-state index contributed by atoms with van der Waals surface area (Å²) in [4.78, 5) is 23.6. The van der Waals surface area contributed by atoms with Crippen molar-refractivity contribution in [3.63, 3.8) is 0 Å². The third-order valence-corrected chi connectivity index (χ3v) is 4.96. The minimum Gasteiger partial charge on any atom is -0.494 e. The first-order valence-corrected chi connectivity index (χ1v) is 9.06. The van der Waals surface area contributed by atoms with Crippen LogP contribution in [-0.2, 0) is 20.8 Å². The molecule has 0 radical (unpaired) electrons. The molecule has 3 aromatic rings. The third-order valence-electron chi connectivity index (χ3n) is 3.91. The second kappa shape index (κ2) is 7.13. The molecule has 4 rings (SSSR count). The van der Waals surface area contributed by atoms with Crippen LogP contribution in [0.2, 0.25) is 0 Å². The minimum absolute atomic E-state index is 0.183. The molecule has 1 aromatic carbocycles. The van der Waals surface area contributed by atoms with Crippen LogP contribution in [0.1, 0.15) is 11.3 Å². The van der Waals surface area contributed by atoms with Gasteiger partial charge in [0.25, 0.3) is 5.91 Å². The molecule has 0 unspecified atom stereocenters. The van der Waals surface area contributed by atoms with Gasteiger partial charge in [-0.3, -0.25) is 14.7 Å². The molecule has 0 spiro atoms. The summed E-state index contributed by atoms with van der Waals surface area (Å²) in [7, 11) is 0. The molecule has 3 heterocycles. The number of carbonyl (C=O) groups excluding carboxylic acids is 1. The van der Waals surface area contributed by atoms with Crippen molar-refractivity contribution < 1.29 is 14.3 Å². The van der Waals surface area contributed by atoms with Gasteiger partial charge in [0.1, 0.15) is 19.5 Å². The van der Waals surface area contributed by atoms with Crippen LogP contribution in [-0.4, -0.2) is 29.1 Å². The molecule has 1 aliphatic heterocycles. The van der Waals surface area contributed by atoms with E-state index in [-0.39, 0.29) is 11.7 Å². The van der Waals surface area contributed by atoms with E-state index in [0.29, 0.717) is 24.9 Å². The van der Waals surface area contributed by atoms with Gasteiger partial charge in [-0.2, -0.15) is 0 Å². The van der Waals surface area contributed by atoms with Crippen molar-refractivity contribution >= 4 is 32.6 Å². The number of thiazole rings is 1. The molecule has 26 heavy (non-hydrogen) atoms. The summed E-state index contributed by atoms with van der Waals surface area (Å²) < 4.78 is 11.8. The highest BCUT2D eigenvalue weighted by molar-refractivity contribution is 7.22. The number of aryl methyl sites for hydroxylation is 1. The maximum atomic E-state index is 13.0. The quantitative estimate of drug-likeness (QED) is 0.707. The molecule has 1 aliphatic rings. The van der Waals surface area contributed by atoms with Gasteiger partial charge in [0.15, 0.2) is 5.13 Å². The fourth-order valence-corrected chi connectivity index (χ4v) is 3.69. The van der Waals surface area contributed by atoms with E-state index in [9.17, 15) is 4.79 Å². The van der Waals surface area contributed by atoms with Crippen LogP contribution >= 0.6 is 11.3 Å². The lowest BCUT2D eigenvalue weighted by molar-refractivity contribution is -0.120. The standard InChI is InChI=1S/C19H17N3O3S/c1-13-5-6-15-17(10-13)26-19(21-15)22(11-14-4-2-3-7-20-14)18(23)16-12-24-8-9-25-16/h2-7,10,12H,8-9,11H2,1H3. The molecule has 0 fully saturated rings. The van der Waals surface area contributed by atoms with E-state index >= 15 is 0 Å². The van der Waals surface area contributed by atoms with Crippen molar-refractivity contribution in [1.29, 1.82) is 0 Å². The molecule has 0 aliphatic carbocycles. The van der Waals surface area contributed by atoms with Crippen molar-refractivity contribution in [2.24, 2.45) is 0 Å². The summed E-state index contributed by atoms with van der Waals surface area (Å²) >= 11 is 1.47. The number of ether oxygens (including phenoxy) is 2. The normalized spacial score (nSPS) is 13.7. The summed E-state index contributed by atoms with van der Waals surface area (Å²) in [6.07, 6.45) is 3.08. The summed E-state index contributed by atoms with van der Waals surface area (Å²) in [5.41, 5.74) is 2.79. The molecule has 0 atom stereocenters. The number of anilines is 1. The van der Waals surface area contributed by atoms with Gasteiger partial charge < -0.3 is 9.47 Å². The second-order valence-corrected chi connectivity index (χ2v) is 6.89. The predicted molar refractivity (Wildman–Crippen MR) is 99.8 cm³/mol. The number of hydrogen-bond donors (Lipinski definition) is 0. The van der Waals surface area contributed by atoms with Crippen LogP contribution in [0.15, 0.2) is 54.6 Å². The lowest BCUT2D eigenvalue weighted by Gasteiger charge is -2.22. The zero-order valence-electron chi connectivity index (χ0n) is 14.2. The second-order valence-electron chi connectivity index (χ2n) is 5.88. The first-order valence-electron chi connectivity index (χ1n) is 8.24. The molecule has 132 valence electrons. The number of pyridine rings is 1. The van der Waals surface area contributed by atoms with Crippen LogP contribution in [0.5, 0.6) is 0 Å². The van der Waals surface area contributed by atoms with Gasteiger partial charge in [0, 0.05) is 6.20 Å². The van der Waals surface area contributed by atoms with E-state index in [2.05, 4.69) is 16.0 Å². The highest BCUT2D eigenvalue weighted by Crippen LogP contribution is 2.31. The first kappa shape index (κ1) is 16.5. The van der Waals surface area contributed by atoms with Gasteiger partial charge in [-0.05, 0) is 36.8 Å². The van der Waals surface area contributed by atoms with E-state index in [4.69, 9.17) is 9.47 Å². The highest BCUT2D eigenvalue weighted by Gasteiger charge is 2.26. The number of benzene rings is 1. The zero-order valence-corrected chi connectivity index (χ0v) is 15.0. The number of amides is 1. The van der Waals surface area contributed by atoms with Gasteiger partial charge in [-0.1, -0.05) is 23.5 Å². The summed E-state index contributed by atoms with van der Waals surface area (Å²) in [5, 5.41) is 0.608. The highest BCUT2D eigenvalue weighted by atomic mass is 32.1. The Morgan fingerprint density at radius 2 is 2.19 bits per heavy atom. The molecular formula is C19H17N3O3S. The number of rotatable bonds is 4. The van der Waals surface area contributed by atoms with Crippen LogP contribution in [0, 0.1) is 6.92 Å². The maximum Gasteiger partial charge on any atom is 0.298 e. The number of fused-ring (bicyclic) bond motifs is 1. The molecule has 7 heteroatoms. The van der Waals surface area contributed by atoms with E-state index in [0.717, 1.165) is 21.5 Å². The van der Waals surface area contributed by atoms with E-state index in [1.165, 1.54) is 17.6 Å². The van der Waals surface area contributed by atoms with Crippen LogP contribution in [0.3, 0.4) is 0 Å².